The number of aromatic nitrogens is 5. The average molecular weight is 523 g/mol. The summed E-state index contributed by atoms with van der Waals surface area (Å²) >= 11 is 1.66. The summed E-state index contributed by atoms with van der Waals surface area (Å²) in [6, 6.07) is 1.49. The Hall–Kier alpha value is -3.34. The second kappa shape index (κ2) is 9.51. The number of fused-ring (bicyclic) bond motifs is 1. The highest BCUT2D eigenvalue weighted by Gasteiger charge is 2.35. The van der Waals surface area contributed by atoms with Gasteiger partial charge in [-0.1, -0.05) is 12.8 Å². The fraction of sp³-hybridized carbons (Fsp3) is 0.538. The molecule has 0 unspecified atom stereocenters. The second-order valence-electron chi connectivity index (χ2n) is 10.6. The van der Waals surface area contributed by atoms with E-state index in [0.717, 1.165) is 48.1 Å². The molecule has 2 saturated carbocycles. The van der Waals surface area contributed by atoms with E-state index >= 15 is 0 Å². The first-order chi connectivity index (χ1) is 17.9. The molecule has 194 valence electrons. The Kier molecular flexibility index (Phi) is 6.18. The number of nitrogens with zero attached hydrogens (tertiary/aromatic N) is 5. The van der Waals surface area contributed by atoms with E-state index in [-0.39, 0.29) is 29.2 Å². The number of hydrogen-bond donors (Lipinski definition) is 2. The molecule has 0 radical (unpaired) electrons. The predicted octanol–water partition coefficient (Wildman–Crippen LogP) is 4.14. The van der Waals surface area contributed by atoms with Crippen molar-refractivity contribution in [1.29, 1.82) is 0 Å². The van der Waals surface area contributed by atoms with Gasteiger partial charge in [0.25, 0.3) is 0 Å². The monoisotopic (exact) mass is 522 g/mol. The average Bonchev–Trinajstić information content (AvgIpc) is 3.78. The van der Waals surface area contributed by atoms with Crippen LogP contribution in [0.3, 0.4) is 0 Å². The molecule has 3 aromatic heterocycles. The quantitative estimate of drug-likeness (QED) is 0.359. The molecule has 0 bridgehead atoms. The van der Waals surface area contributed by atoms with Crippen LogP contribution in [0.15, 0.2) is 12.4 Å². The van der Waals surface area contributed by atoms with E-state index in [0.29, 0.717) is 36.9 Å². The van der Waals surface area contributed by atoms with Crippen molar-refractivity contribution in [2.45, 2.75) is 70.3 Å². The Bertz CT molecular complexity index is 1380. The Morgan fingerprint density at radius 2 is 2.00 bits per heavy atom. The number of carbonyl (C=O) groups excluding carboxylic acids is 2. The van der Waals surface area contributed by atoms with Crippen molar-refractivity contribution in [3.63, 3.8) is 0 Å². The largest absolute Gasteiger partial charge is 0.476 e. The van der Waals surface area contributed by atoms with Gasteiger partial charge in [-0.05, 0) is 50.0 Å². The van der Waals surface area contributed by atoms with Crippen LogP contribution in [-0.4, -0.2) is 47.2 Å². The zero-order valence-corrected chi connectivity index (χ0v) is 21.6. The summed E-state index contributed by atoms with van der Waals surface area (Å²) < 4.78 is 3.42. The lowest BCUT2D eigenvalue weighted by Gasteiger charge is -2.25. The molecule has 2 fully saturated rings. The summed E-state index contributed by atoms with van der Waals surface area (Å²) in [5.41, 5.74) is 1.84. The van der Waals surface area contributed by atoms with Crippen molar-refractivity contribution >= 4 is 40.6 Å². The van der Waals surface area contributed by atoms with E-state index in [9.17, 15) is 19.5 Å². The van der Waals surface area contributed by atoms with Crippen molar-refractivity contribution in [2.75, 3.05) is 5.32 Å². The molecular formula is C26H30N6O4S. The van der Waals surface area contributed by atoms with Crippen LogP contribution in [0, 0.1) is 11.8 Å². The van der Waals surface area contributed by atoms with Crippen molar-refractivity contribution < 1.29 is 19.5 Å². The van der Waals surface area contributed by atoms with E-state index in [1.54, 1.807) is 24.7 Å². The number of carboxylic acid groups (broad SMARTS) is 1. The molecule has 0 spiro atoms. The molecule has 3 aliphatic carbocycles. The smallest absolute Gasteiger partial charge is 0.356 e. The molecular weight excluding hydrogens is 492 g/mol. The van der Waals surface area contributed by atoms with Gasteiger partial charge in [-0.3, -0.25) is 18.8 Å². The standard InChI is InChI=1S/C26H30N6O4S/c1-31-23(11-18(30-31)25(35)36)28-26-29-27-13-32(26)16-7-9-21-17(10-16)24(19(33)8-4-14-2-3-14)22(37-21)12-20(34)15-5-6-15/h11,13-16H,2-10,12H2,1H3,(H,28,29)(H,35,36)/t16-/m0/s1. The molecule has 2 N–H and O–H groups in total. The minimum Gasteiger partial charge on any atom is -0.476 e. The maximum absolute atomic E-state index is 13.5. The van der Waals surface area contributed by atoms with E-state index < -0.39 is 5.97 Å². The van der Waals surface area contributed by atoms with E-state index in [2.05, 4.69) is 20.6 Å². The number of thiophene rings is 1. The highest BCUT2D eigenvalue weighted by Crippen LogP contribution is 2.42. The number of ketones is 2. The van der Waals surface area contributed by atoms with Gasteiger partial charge in [-0.25, -0.2) is 4.79 Å². The molecule has 3 aromatic rings. The van der Waals surface area contributed by atoms with Crippen LogP contribution in [0.25, 0.3) is 0 Å². The Morgan fingerprint density at radius 3 is 2.70 bits per heavy atom. The van der Waals surface area contributed by atoms with Crippen LogP contribution in [-0.2, 0) is 31.1 Å². The molecule has 1 atom stereocenters. The van der Waals surface area contributed by atoms with Crippen LogP contribution in [0.1, 0.15) is 87.2 Å². The van der Waals surface area contributed by atoms with Crippen LogP contribution < -0.4 is 5.32 Å². The zero-order valence-electron chi connectivity index (χ0n) is 20.8. The van der Waals surface area contributed by atoms with Crippen molar-refractivity contribution in [1.82, 2.24) is 24.5 Å². The van der Waals surface area contributed by atoms with Gasteiger partial charge in [0.2, 0.25) is 5.95 Å². The van der Waals surface area contributed by atoms with E-state index in [1.807, 2.05) is 4.57 Å². The van der Waals surface area contributed by atoms with Crippen molar-refractivity contribution in [3.05, 3.63) is 39.0 Å². The molecule has 0 aromatic carbocycles. The number of rotatable bonds is 11. The number of nitrogens with one attached hydrogen (secondary N) is 1. The third kappa shape index (κ3) is 4.96. The van der Waals surface area contributed by atoms with Crippen molar-refractivity contribution in [2.24, 2.45) is 18.9 Å². The van der Waals surface area contributed by atoms with E-state index in [1.165, 1.54) is 28.5 Å². The Labute approximate surface area is 218 Å². The summed E-state index contributed by atoms with van der Waals surface area (Å²) in [6.07, 6.45) is 10.3. The molecule has 37 heavy (non-hydrogen) atoms. The lowest BCUT2D eigenvalue weighted by molar-refractivity contribution is -0.119. The number of carbonyl (C=O) groups is 3. The SMILES string of the molecule is Cn1nc(C(=O)O)cc1Nc1nncn1[C@H]1CCc2sc(CC(=O)C3CC3)c(C(=O)CCC3CC3)c2C1. The van der Waals surface area contributed by atoms with Gasteiger partial charge in [-0.15, -0.1) is 21.5 Å². The minimum absolute atomic E-state index is 0.0359. The molecule has 0 saturated heterocycles. The molecule has 11 heteroatoms. The first-order valence-electron chi connectivity index (χ1n) is 13.0. The Morgan fingerprint density at radius 1 is 1.19 bits per heavy atom. The first kappa shape index (κ1) is 24.0. The number of carboxylic acids is 1. The topological polar surface area (TPSA) is 132 Å². The molecule has 6 rings (SSSR count). The number of hydrogen-bond acceptors (Lipinski definition) is 8. The van der Waals surface area contributed by atoms with Crippen LogP contribution in [0.2, 0.25) is 0 Å². The third-order valence-corrected chi connectivity index (χ3v) is 9.03. The van der Waals surface area contributed by atoms with Gasteiger partial charge in [-0.2, -0.15) is 5.10 Å². The molecule has 0 amide bonds. The van der Waals surface area contributed by atoms with Crippen LogP contribution in [0.4, 0.5) is 11.8 Å². The number of anilines is 2. The van der Waals surface area contributed by atoms with Crippen LogP contribution in [0.5, 0.6) is 0 Å². The maximum Gasteiger partial charge on any atom is 0.356 e. The van der Waals surface area contributed by atoms with Gasteiger partial charge < -0.3 is 10.4 Å². The fourth-order valence-electron chi connectivity index (χ4n) is 5.29. The summed E-state index contributed by atoms with van der Waals surface area (Å²) in [6.45, 7) is 0. The van der Waals surface area contributed by atoms with Gasteiger partial charge in [0.1, 0.15) is 17.9 Å². The first-order valence-corrected chi connectivity index (χ1v) is 13.8. The fourth-order valence-corrected chi connectivity index (χ4v) is 6.66. The summed E-state index contributed by atoms with van der Waals surface area (Å²) in [4.78, 5) is 39.7. The van der Waals surface area contributed by atoms with Gasteiger partial charge >= 0.3 is 5.97 Å². The minimum atomic E-state index is -1.10. The zero-order chi connectivity index (χ0) is 25.7. The third-order valence-electron chi connectivity index (χ3n) is 7.74. The second-order valence-corrected chi connectivity index (χ2v) is 11.7. The summed E-state index contributed by atoms with van der Waals surface area (Å²) in [5, 5.41) is 24.7. The predicted molar refractivity (Wildman–Crippen MR) is 137 cm³/mol. The molecule has 0 aliphatic heterocycles. The molecule has 3 heterocycles. The lowest BCUT2D eigenvalue weighted by Crippen LogP contribution is -2.20. The van der Waals surface area contributed by atoms with Crippen LogP contribution >= 0.6 is 11.3 Å². The number of Topliss-reactive ketones (excluding diaryl/α,β-unsaturated/α-hetero) is 2. The van der Waals surface area contributed by atoms with Crippen molar-refractivity contribution in [3.8, 4) is 0 Å². The Balaban J connectivity index is 1.26. The highest BCUT2D eigenvalue weighted by atomic mass is 32.1. The summed E-state index contributed by atoms with van der Waals surface area (Å²) in [7, 11) is 1.66. The molecule has 3 aliphatic rings. The number of aromatic carboxylic acids is 1. The highest BCUT2D eigenvalue weighted by molar-refractivity contribution is 7.12. The normalized spacial score (nSPS) is 19.0. The van der Waals surface area contributed by atoms with Gasteiger partial charge in [0.05, 0.1) is 0 Å². The lowest BCUT2D eigenvalue weighted by atomic mass is 9.88. The number of aryl methyl sites for hydroxylation is 2. The van der Waals surface area contributed by atoms with Gasteiger partial charge in [0, 0.05) is 53.2 Å². The molecule has 10 nitrogen and oxygen atoms in total. The van der Waals surface area contributed by atoms with E-state index in [4.69, 9.17) is 0 Å². The van der Waals surface area contributed by atoms with Gasteiger partial charge in [0.15, 0.2) is 11.5 Å². The summed E-state index contributed by atoms with van der Waals surface area (Å²) in [5.74, 6) is 1.21. The maximum atomic E-state index is 13.5.